The van der Waals surface area contributed by atoms with Gasteiger partial charge in [0.15, 0.2) is 11.6 Å². The normalized spacial score (nSPS) is 11.6. The highest BCUT2D eigenvalue weighted by Gasteiger charge is 2.33. The van der Waals surface area contributed by atoms with Crippen LogP contribution in [0.15, 0.2) is 206 Å². The van der Waals surface area contributed by atoms with E-state index in [0.717, 1.165) is 93.5 Å². The molecule has 2 heterocycles. The summed E-state index contributed by atoms with van der Waals surface area (Å²) < 4.78 is 0. The first-order valence-electron chi connectivity index (χ1n) is 22.2. The molecule has 0 aliphatic carbocycles. The highest BCUT2D eigenvalue weighted by atomic mass is 14.9. The van der Waals surface area contributed by atoms with Crippen molar-refractivity contribution in [3.05, 3.63) is 217 Å². The first-order chi connectivity index (χ1) is 31.1. The molecule has 0 atom stereocenters. The lowest BCUT2D eigenvalue weighted by atomic mass is 9.68. The molecule has 4 heteroatoms. The fourth-order valence-corrected chi connectivity index (χ4v) is 9.26. The lowest BCUT2D eigenvalue weighted by Gasteiger charge is -2.35. The van der Waals surface area contributed by atoms with E-state index in [9.17, 15) is 0 Å². The first-order valence-corrected chi connectivity index (χ1v) is 22.2. The molecule has 0 spiro atoms. The Kier molecular flexibility index (Phi) is 10.9. The van der Waals surface area contributed by atoms with Crippen LogP contribution in [0, 0.1) is 0 Å². The van der Waals surface area contributed by atoms with Crippen molar-refractivity contribution in [3.63, 3.8) is 0 Å². The van der Waals surface area contributed by atoms with E-state index in [-0.39, 0.29) is 5.41 Å². The molecule has 0 aliphatic rings. The predicted molar refractivity (Wildman–Crippen MR) is 262 cm³/mol. The van der Waals surface area contributed by atoms with Crippen molar-refractivity contribution < 1.29 is 0 Å². The molecule has 0 saturated carbocycles. The number of benzene rings is 8. The van der Waals surface area contributed by atoms with Crippen molar-refractivity contribution in [1.29, 1.82) is 0 Å². The third-order valence-corrected chi connectivity index (χ3v) is 12.4. The van der Waals surface area contributed by atoms with Crippen LogP contribution in [0.25, 0.3) is 89.4 Å². The van der Waals surface area contributed by atoms with Crippen LogP contribution >= 0.6 is 0 Å². The van der Waals surface area contributed by atoms with Gasteiger partial charge in [-0.2, -0.15) is 0 Å². The Bertz CT molecular complexity index is 2960. The van der Waals surface area contributed by atoms with E-state index in [4.69, 9.17) is 19.9 Å². The molecule has 304 valence electrons. The molecule has 0 radical (unpaired) electrons. The van der Waals surface area contributed by atoms with Gasteiger partial charge in [-0.15, -0.1) is 0 Å². The fraction of sp³-hybridized carbons (Fsp3) is 0.119. The first kappa shape index (κ1) is 39.6. The van der Waals surface area contributed by atoms with Gasteiger partial charge >= 0.3 is 0 Å². The molecule has 0 unspecified atom stereocenters. The molecular weight excluding hydrogens is 765 g/mol. The van der Waals surface area contributed by atoms with Crippen LogP contribution in [-0.2, 0) is 5.41 Å². The molecule has 10 rings (SSSR count). The summed E-state index contributed by atoms with van der Waals surface area (Å²) in [4.78, 5) is 20.6. The average molecular weight is 813 g/mol. The molecule has 4 nitrogen and oxygen atoms in total. The Morgan fingerprint density at radius 2 is 0.635 bits per heavy atom. The number of rotatable bonds is 12. The molecule has 0 aliphatic heterocycles. The summed E-state index contributed by atoms with van der Waals surface area (Å²) in [5, 5.41) is 4.81. The molecule has 0 amide bonds. The highest BCUT2D eigenvalue weighted by Crippen LogP contribution is 2.43. The quantitative estimate of drug-likeness (QED) is 0.123. The van der Waals surface area contributed by atoms with Crippen LogP contribution in [0.4, 0.5) is 0 Å². The molecule has 2 aromatic heterocycles. The van der Waals surface area contributed by atoms with Gasteiger partial charge in [0.2, 0.25) is 0 Å². The Balaban J connectivity index is 1.02. The summed E-state index contributed by atoms with van der Waals surface area (Å²) >= 11 is 0. The minimum atomic E-state index is -0.158. The maximum Gasteiger partial charge on any atom is 0.160 e. The third kappa shape index (κ3) is 8.04. The number of fused-ring (bicyclic) bond motifs is 2. The second kappa shape index (κ2) is 17.4. The second-order valence-corrected chi connectivity index (χ2v) is 16.5. The van der Waals surface area contributed by atoms with E-state index in [1.54, 1.807) is 0 Å². The van der Waals surface area contributed by atoms with Crippen molar-refractivity contribution in [2.24, 2.45) is 0 Å². The zero-order valence-electron chi connectivity index (χ0n) is 35.7. The van der Waals surface area contributed by atoms with Gasteiger partial charge < -0.3 is 0 Å². The second-order valence-electron chi connectivity index (χ2n) is 16.5. The molecular formula is C59H48N4. The van der Waals surface area contributed by atoms with Gasteiger partial charge in [-0.1, -0.05) is 209 Å². The van der Waals surface area contributed by atoms with E-state index in [2.05, 4.69) is 184 Å². The van der Waals surface area contributed by atoms with Crippen molar-refractivity contribution >= 4 is 21.5 Å². The van der Waals surface area contributed by atoms with Crippen molar-refractivity contribution in [2.45, 2.75) is 44.9 Å². The van der Waals surface area contributed by atoms with Gasteiger partial charge in [-0.3, -0.25) is 0 Å². The van der Waals surface area contributed by atoms with Crippen LogP contribution in [0.3, 0.4) is 0 Å². The van der Waals surface area contributed by atoms with E-state index in [1.165, 1.54) is 32.7 Å². The Morgan fingerprint density at radius 3 is 1.02 bits per heavy atom. The topological polar surface area (TPSA) is 51.6 Å². The summed E-state index contributed by atoms with van der Waals surface area (Å²) in [6, 6.07) is 73.3. The summed E-state index contributed by atoms with van der Waals surface area (Å²) in [6.45, 7) is 4.60. The standard InChI is InChI=1S/C59H48N4/c1-3-35-59(36-4-2,51-31-27-43(28-32-51)53-39-55(62-57(60-53)45-17-7-5-8-18-45)49-25-23-41-15-11-13-21-47(41)37-49)52-33-29-44(30-34-52)54-40-56(63-58(61-54)46-19-9-6-10-20-46)50-26-24-42-16-12-14-22-48(42)38-50/h5-34,37-40H,3-4,35-36H2,1-2H3. The molecule has 0 bridgehead atoms. The summed E-state index contributed by atoms with van der Waals surface area (Å²) in [5.41, 5.74) is 12.4. The van der Waals surface area contributed by atoms with Gasteiger partial charge in [0.1, 0.15) is 0 Å². The lowest BCUT2D eigenvalue weighted by molar-refractivity contribution is 0.426. The molecule has 10 aromatic rings. The SMILES string of the molecule is CCCC(CCC)(c1ccc(-c2cc(-c3ccc4ccccc4c3)nc(-c3ccccc3)n2)cc1)c1ccc(-c2cc(-c3ccc4ccccc4c3)nc(-c3ccccc3)n2)cc1. The van der Waals surface area contributed by atoms with Crippen LogP contribution in [0.5, 0.6) is 0 Å². The van der Waals surface area contributed by atoms with Crippen LogP contribution in [0.2, 0.25) is 0 Å². The van der Waals surface area contributed by atoms with Crippen molar-refractivity contribution in [2.75, 3.05) is 0 Å². The van der Waals surface area contributed by atoms with Crippen molar-refractivity contribution in [3.8, 4) is 67.8 Å². The van der Waals surface area contributed by atoms with E-state index >= 15 is 0 Å². The van der Waals surface area contributed by atoms with Gasteiger partial charge in [0.25, 0.3) is 0 Å². The molecule has 0 fully saturated rings. The zero-order chi connectivity index (χ0) is 42.6. The number of aromatic nitrogens is 4. The summed E-state index contributed by atoms with van der Waals surface area (Å²) in [6.07, 6.45) is 4.20. The fourth-order valence-electron chi connectivity index (χ4n) is 9.26. The Labute approximate surface area is 370 Å². The van der Waals surface area contributed by atoms with Crippen LogP contribution in [-0.4, -0.2) is 19.9 Å². The van der Waals surface area contributed by atoms with Crippen molar-refractivity contribution in [1.82, 2.24) is 19.9 Å². The smallest absolute Gasteiger partial charge is 0.160 e. The van der Waals surface area contributed by atoms with E-state index in [1.807, 2.05) is 36.4 Å². The molecule has 8 aromatic carbocycles. The van der Waals surface area contributed by atoms with Gasteiger partial charge in [-0.05, 0) is 69.8 Å². The molecule has 0 N–H and O–H groups in total. The summed E-state index contributed by atoms with van der Waals surface area (Å²) in [5.74, 6) is 1.44. The van der Waals surface area contributed by atoms with Crippen LogP contribution in [0.1, 0.15) is 50.7 Å². The Hall–Kier alpha value is -7.56. The maximum atomic E-state index is 5.17. The third-order valence-electron chi connectivity index (χ3n) is 12.4. The minimum Gasteiger partial charge on any atom is -0.228 e. The predicted octanol–water partition coefficient (Wildman–Crippen LogP) is 15.5. The average Bonchev–Trinajstić information content (AvgIpc) is 3.36. The number of hydrogen-bond donors (Lipinski definition) is 0. The molecule has 0 saturated heterocycles. The maximum absolute atomic E-state index is 5.17. The molecule has 63 heavy (non-hydrogen) atoms. The van der Waals surface area contributed by atoms with E-state index < -0.39 is 0 Å². The number of nitrogens with zero attached hydrogens (tertiary/aromatic N) is 4. The van der Waals surface area contributed by atoms with Crippen LogP contribution < -0.4 is 0 Å². The van der Waals surface area contributed by atoms with Gasteiger partial charge in [0, 0.05) is 38.8 Å². The Morgan fingerprint density at radius 1 is 0.302 bits per heavy atom. The monoisotopic (exact) mass is 812 g/mol. The summed E-state index contributed by atoms with van der Waals surface area (Å²) in [7, 11) is 0. The zero-order valence-corrected chi connectivity index (χ0v) is 35.7. The largest absolute Gasteiger partial charge is 0.228 e. The van der Waals surface area contributed by atoms with E-state index in [0.29, 0.717) is 0 Å². The highest BCUT2D eigenvalue weighted by molar-refractivity contribution is 5.88. The minimum absolute atomic E-state index is 0.158. The van der Waals surface area contributed by atoms with Gasteiger partial charge in [-0.25, -0.2) is 19.9 Å². The number of hydrogen-bond acceptors (Lipinski definition) is 4. The van der Waals surface area contributed by atoms with Gasteiger partial charge in [0.05, 0.1) is 22.8 Å². The lowest BCUT2D eigenvalue weighted by Crippen LogP contribution is -2.27.